The monoisotopic (exact) mass is 323 g/mol. The van der Waals surface area contributed by atoms with Gasteiger partial charge in [-0.2, -0.15) is 0 Å². The van der Waals surface area contributed by atoms with Crippen molar-refractivity contribution in [2.45, 2.75) is 37.6 Å². The van der Waals surface area contributed by atoms with E-state index < -0.39 is 11.6 Å². The molecule has 126 valence electrons. The fraction of sp³-hybridized carbons (Fsp3) is 0.588. The summed E-state index contributed by atoms with van der Waals surface area (Å²) in [7, 11) is 0. The molecule has 1 amide bonds. The number of amides is 1. The van der Waals surface area contributed by atoms with Crippen LogP contribution in [-0.2, 0) is 4.79 Å². The van der Waals surface area contributed by atoms with Crippen LogP contribution in [0.2, 0.25) is 0 Å². The Labute approximate surface area is 135 Å². The Morgan fingerprint density at radius 2 is 1.87 bits per heavy atom. The van der Waals surface area contributed by atoms with Crippen LogP contribution in [0.1, 0.15) is 32.1 Å². The Bertz CT molecular complexity index is 544. The third kappa shape index (κ3) is 3.87. The van der Waals surface area contributed by atoms with Crippen molar-refractivity contribution in [2.75, 3.05) is 31.5 Å². The van der Waals surface area contributed by atoms with Crippen molar-refractivity contribution in [1.82, 2.24) is 10.2 Å². The topological polar surface area (TPSA) is 44.4 Å². The third-order valence-corrected chi connectivity index (χ3v) is 4.95. The van der Waals surface area contributed by atoms with Crippen LogP contribution in [0.5, 0.6) is 0 Å². The van der Waals surface area contributed by atoms with E-state index in [-0.39, 0.29) is 23.7 Å². The van der Waals surface area contributed by atoms with Gasteiger partial charge < -0.3 is 10.6 Å². The zero-order valence-corrected chi connectivity index (χ0v) is 13.2. The second-order valence-corrected chi connectivity index (χ2v) is 6.59. The van der Waals surface area contributed by atoms with Crippen LogP contribution in [0.3, 0.4) is 0 Å². The lowest BCUT2D eigenvalue weighted by Crippen LogP contribution is -2.63. The number of hydrogen-bond acceptors (Lipinski definition) is 3. The summed E-state index contributed by atoms with van der Waals surface area (Å²) in [5, 5.41) is 6.05. The van der Waals surface area contributed by atoms with E-state index in [4.69, 9.17) is 0 Å². The van der Waals surface area contributed by atoms with Crippen molar-refractivity contribution in [3.05, 3.63) is 29.8 Å². The van der Waals surface area contributed by atoms with Gasteiger partial charge in [-0.15, -0.1) is 0 Å². The van der Waals surface area contributed by atoms with E-state index in [9.17, 15) is 13.6 Å². The Kier molecular flexibility index (Phi) is 4.92. The first-order valence-corrected chi connectivity index (χ1v) is 8.29. The van der Waals surface area contributed by atoms with E-state index in [0.717, 1.165) is 50.7 Å². The lowest BCUT2D eigenvalue weighted by molar-refractivity contribution is -0.120. The second kappa shape index (κ2) is 6.93. The lowest BCUT2D eigenvalue weighted by Gasteiger charge is -2.49. The smallest absolute Gasteiger partial charge is 0.238 e. The molecule has 6 heteroatoms. The Balaban J connectivity index is 1.65. The van der Waals surface area contributed by atoms with Crippen LogP contribution in [0.4, 0.5) is 14.5 Å². The maximum atomic E-state index is 13.2. The molecule has 2 N–H and O–H groups in total. The predicted octanol–water partition coefficient (Wildman–Crippen LogP) is 2.51. The third-order valence-electron chi connectivity index (χ3n) is 4.95. The number of nitrogens with one attached hydrogen (secondary N) is 2. The van der Waals surface area contributed by atoms with Crippen LogP contribution < -0.4 is 10.6 Å². The van der Waals surface area contributed by atoms with Gasteiger partial charge in [0.15, 0.2) is 0 Å². The summed E-state index contributed by atoms with van der Waals surface area (Å²) in [6.45, 7) is 2.86. The van der Waals surface area contributed by atoms with Gasteiger partial charge >= 0.3 is 0 Å². The van der Waals surface area contributed by atoms with Gasteiger partial charge in [0.05, 0.1) is 6.54 Å². The normalized spacial score (nSPS) is 21.3. The molecule has 0 unspecified atom stereocenters. The Hall–Kier alpha value is -1.53. The lowest BCUT2D eigenvalue weighted by atomic mass is 9.79. The summed E-state index contributed by atoms with van der Waals surface area (Å²) in [6, 6.07) is 3.06. The van der Waals surface area contributed by atoms with E-state index >= 15 is 0 Å². The SMILES string of the molecule is O=C(CN1CCNCC12CCCCC2)Nc1cc(F)cc(F)c1. The van der Waals surface area contributed by atoms with Gasteiger partial charge in [0, 0.05) is 36.9 Å². The minimum atomic E-state index is -0.689. The molecule has 1 saturated heterocycles. The largest absolute Gasteiger partial charge is 0.325 e. The molecule has 2 fully saturated rings. The molecule has 2 aliphatic rings. The molecule has 0 aromatic heterocycles. The molecule has 0 bridgehead atoms. The number of hydrogen-bond donors (Lipinski definition) is 2. The van der Waals surface area contributed by atoms with Crippen molar-refractivity contribution < 1.29 is 13.6 Å². The highest BCUT2D eigenvalue weighted by molar-refractivity contribution is 5.92. The quantitative estimate of drug-likeness (QED) is 0.898. The summed E-state index contributed by atoms with van der Waals surface area (Å²) in [6.07, 6.45) is 5.83. The van der Waals surface area contributed by atoms with E-state index in [1.807, 2.05) is 0 Å². The molecule has 1 aromatic rings. The van der Waals surface area contributed by atoms with Gasteiger partial charge in [-0.05, 0) is 25.0 Å². The van der Waals surface area contributed by atoms with Gasteiger partial charge in [0.1, 0.15) is 11.6 Å². The zero-order valence-electron chi connectivity index (χ0n) is 13.2. The molecule has 3 rings (SSSR count). The summed E-state index contributed by atoms with van der Waals surface area (Å²) in [5.74, 6) is -1.60. The van der Waals surface area contributed by atoms with Crippen molar-refractivity contribution in [2.24, 2.45) is 0 Å². The van der Waals surface area contributed by atoms with Gasteiger partial charge in [-0.1, -0.05) is 19.3 Å². The first kappa shape index (κ1) is 16.3. The standard InChI is InChI=1S/C17H23F2N3O/c18-13-8-14(19)10-15(9-13)21-16(23)11-22-7-6-20-12-17(22)4-2-1-3-5-17/h8-10,20H,1-7,11-12H2,(H,21,23). The summed E-state index contributed by atoms with van der Waals surface area (Å²) < 4.78 is 26.4. The van der Waals surface area contributed by atoms with Gasteiger partial charge in [0.25, 0.3) is 0 Å². The number of anilines is 1. The number of carbonyl (C=O) groups is 1. The summed E-state index contributed by atoms with van der Waals surface area (Å²) >= 11 is 0. The van der Waals surface area contributed by atoms with E-state index in [0.29, 0.717) is 0 Å². The average molecular weight is 323 g/mol. The molecule has 1 saturated carbocycles. The molecule has 0 atom stereocenters. The molecule has 1 spiro atoms. The van der Waals surface area contributed by atoms with Crippen molar-refractivity contribution in [1.29, 1.82) is 0 Å². The maximum absolute atomic E-state index is 13.2. The molecule has 1 heterocycles. The van der Waals surface area contributed by atoms with Crippen molar-refractivity contribution in [3.63, 3.8) is 0 Å². The first-order valence-electron chi connectivity index (χ1n) is 8.29. The van der Waals surface area contributed by atoms with Crippen LogP contribution in [0.25, 0.3) is 0 Å². The molecule has 1 aliphatic heterocycles. The number of piperazine rings is 1. The van der Waals surface area contributed by atoms with Crippen molar-refractivity contribution >= 4 is 11.6 Å². The number of nitrogens with zero attached hydrogens (tertiary/aromatic N) is 1. The Morgan fingerprint density at radius 3 is 2.57 bits per heavy atom. The summed E-state index contributed by atoms with van der Waals surface area (Å²) in [5.41, 5.74) is 0.224. The van der Waals surface area contributed by atoms with Crippen LogP contribution in [0, 0.1) is 11.6 Å². The fourth-order valence-corrected chi connectivity index (χ4v) is 3.83. The molecular formula is C17H23F2N3O. The average Bonchev–Trinajstić information content (AvgIpc) is 2.49. The minimum Gasteiger partial charge on any atom is -0.325 e. The van der Waals surface area contributed by atoms with Crippen LogP contribution >= 0.6 is 0 Å². The number of halogens is 2. The second-order valence-electron chi connectivity index (χ2n) is 6.59. The minimum absolute atomic E-state index is 0.0566. The first-order chi connectivity index (χ1) is 11.1. The van der Waals surface area contributed by atoms with E-state index in [2.05, 4.69) is 15.5 Å². The van der Waals surface area contributed by atoms with Crippen LogP contribution in [-0.4, -0.2) is 42.5 Å². The van der Waals surface area contributed by atoms with Gasteiger partial charge in [-0.25, -0.2) is 8.78 Å². The Morgan fingerprint density at radius 1 is 1.17 bits per heavy atom. The van der Waals surface area contributed by atoms with Crippen molar-refractivity contribution in [3.8, 4) is 0 Å². The number of carbonyl (C=O) groups excluding carboxylic acids is 1. The maximum Gasteiger partial charge on any atom is 0.238 e. The fourth-order valence-electron chi connectivity index (χ4n) is 3.83. The molecule has 23 heavy (non-hydrogen) atoms. The highest BCUT2D eigenvalue weighted by atomic mass is 19.1. The molecule has 1 aromatic carbocycles. The molecule has 1 aliphatic carbocycles. The predicted molar refractivity (Wildman–Crippen MR) is 85.2 cm³/mol. The zero-order chi connectivity index (χ0) is 16.3. The van der Waals surface area contributed by atoms with E-state index in [1.54, 1.807) is 0 Å². The molecule has 0 radical (unpaired) electrons. The highest BCUT2D eigenvalue weighted by Gasteiger charge is 2.40. The molecule has 4 nitrogen and oxygen atoms in total. The van der Waals surface area contributed by atoms with E-state index in [1.165, 1.54) is 19.3 Å². The van der Waals surface area contributed by atoms with Gasteiger partial charge in [-0.3, -0.25) is 9.69 Å². The number of benzene rings is 1. The van der Waals surface area contributed by atoms with Crippen LogP contribution in [0.15, 0.2) is 18.2 Å². The summed E-state index contributed by atoms with van der Waals surface area (Å²) in [4.78, 5) is 14.6. The highest BCUT2D eigenvalue weighted by Crippen LogP contribution is 2.34. The molecular weight excluding hydrogens is 300 g/mol. The van der Waals surface area contributed by atoms with Gasteiger partial charge in [0.2, 0.25) is 5.91 Å². The number of rotatable bonds is 3.